The second kappa shape index (κ2) is 8.90. The number of carbonyl (C=O) groups excluding carboxylic acids is 1. The van der Waals surface area contributed by atoms with Gasteiger partial charge >= 0.3 is 5.97 Å². The summed E-state index contributed by atoms with van der Waals surface area (Å²) in [5.41, 5.74) is 0.930. The number of carbonyl (C=O) groups is 1. The molecule has 1 unspecified atom stereocenters. The van der Waals surface area contributed by atoms with E-state index in [4.69, 9.17) is 21.1 Å². The molecule has 0 amide bonds. The largest absolute Gasteiger partial charge is 0.477 e. The molecule has 118 valence electrons. The van der Waals surface area contributed by atoms with Crippen LogP contribution in [0, 0.1) is 0 Å². The molecule has 0 aliphatic rings. The van der Waals surface area contributed by atoms with Crippen molar-refractivity contribution in [1.82, 2.24) is 5.32 Å². The minimum atomic E-state index is -0.636. The second-order valence-electron chi connectivity index (χ2n) is 5.03. The zero-order valence-corrected chi connectivity index (χ0v) is 13.9. The predicted octanol–water partition coefficient (Wildman–Crippen LogP) is 3.56. The normalized spacial score (nSPS) is 12.3. The number of ether oxygens (including phenoxy) is 2. The number of hydrogen-bond acceptors (Lipinski definition) is 4. The topological polar surface area (TPSA) is 47.6 Å². The Kier molecular flexibility index (Phi) is 7.54. The van der Waals surface area contributed by atoms with E-state index in [-0.39, 0.29) is 5.97 Å². The number of para-hydroxylation sites is 1. The predicted molar refractivity (Wildman–Crippen MR) is 84.8 cm³/mol. The molecule has 0 aliphatic heterocycles. The first-order chi connectivity index (χ1) is 9.99. The average molecular weight is 314 g/mol. The van der Waals surface area contributed by atoms with Gasteiger partial charge in [-0.2, -0.15) is 0 Å². The molecule has 0 aliphatic carbocycles. The fourth-order valence-corrected chi connectivity index (χ4v) is 2.05. The summed E-state index contributed by atoms with van der Waals surface area (Å²) in [6.07, 6.45) is -0.108. The molecule has 0 saturated carbocycles. The van der Waals surface area contributed by atoms with Gasteiger partial charge in [0, 0.05) is 18.2 Å². The monoisotopic (exact) mass is 313 g/mol. The maximum atomic E-state index is 11.9. The van der Waals surface area contributed by atoms with Crippen LogP contribution in [0.15, 0.2) is 18.2 Å². The van der Waals surface area contributed by atoms with E-state index in [0.29, 0.717) is 36.4 Å². The number of hydrogen-bond donors (Lipinski definition) is 1. The van der Waals surface area contributed by atoms with Crippen molar-refractivity contribution in [2.75, 3.05) is 6.61 Å². The molecule has 0 spiro atoms. The Hall–Kier alpha value is -1.26. The quantitative estimate of drug-likeness (QED) is 0.745. The van der Waals surface area contributed by atoms with Crippen molar-refractivity contribution in [2.45, 2.75) is 52.8 Å². The van der Waals surface area contributed by atoms with E-state index >= 15 is 0 Å². The molecule has 0 radical (unpaired) electrons. The maximum absolute atomic E-state index is 11.9. The molecular weight excluding hydrogens is 290 g/mol. The highest BCUT2D eigenvalue weighted by Crippen LogP contribution is 2.30. The zero-order valence-electron chi connectivity index (χ0n) is 13.1. The standard InChI is InChI=1S/C16H24ClNO3/c1-5-14(16(19)20-6-2)21-15-12(10-18-11(3)4)8-7-9-13(15)17/h7-9,11,14,18H,5-6,10H2,1-4H3. The van der Waals surface area contributed by atoms with Gasteiger partial charge in [0.2, 0.25) is 0 Å². The van der Waals surface area contributed by atoms with Crippen molar-refractivity contribution >= 4 is 17.6 Å². The van der Waals surface area contributed by atoms with Crippen LogP contribution in [0.3, 0.4) is 0 Å². The molecule has 1 N–H and O–H groups in total. The van der Waals surface area contributed by atoms with Gasteiger partial charge in [0.15, 0.2) is 6.10 Å². The Bertz CT molecular complexity index is 463. The SMILES string of the molecule is CCOC(=O)C(CC)Oc1c(Cl)cccc1CNC(C)C. The van der Waals surface area contributed by atoms with E-state index < -0.39 is 6.10 Å². The van der Waals surface area contributed by atoms with Gasteiger partial charge in [0.1, 0.15) is 5.75 Å². The molecule has 0 bridgehead atoms. The third kappa shape index (κ3) is 5.56. The van der Waals surface area contributed by atoms with Crippen LogP contribution in [0.2, 0.25) is 5.02 Å². The summed E-state index contributed by atoms with van der Waals surface area (Å²) in [7, 11) is 0. The van der Waals surface area contributed by atoms with E-state index in [0.717, 1.165) is 5.56 Å². The lowest BCUT2D eigenvalue weighted by atomic mass is 10.1. The third-order valence-corrected chi connectivity index (χ3v) is 3.23. The molecular formula is C16H24ClNO3. The first kappa shape index (κ1) is 17.8. The molecule has 1 rings (SSSR count). The summed E-state index contributed by atoms with van der Waals surface area (Å²) in [5.74, 6) is 0.190. The first-order valence-corrected chi connectivity index (χ1v) is 7.71. The highest BCUT2D eigenvalue weighted by Gasteiger charge is 2.22. The van der Waals surface area contributed by atoms with Crippen molar-refractivity contribution < 1.29 is 14.3 Å². The van der Waals surface area contributed by atoms with Crippen LogP contribution in [0.5, 0.6) is 5.75 Å². The van der Waals surface area contributed by atoms with E-state index in [1.54, 1.807) is 13.0 Å². The minimum Gasteiger partial charge on any atom is -0.477 e. The van der Waals surface area contributed by atoms with Gasteiger partial charge in [-0.25, -0.2) is 4.79 Å². The van der Waals surface area contributed by atoms with E-state index in [2.05, 4.69) is 19.2 Å². The molecule has 0 heterocycles. The Morgan fingerprint density at radius 2 is 2.05 bits per heavy atom. The average Bonchev–Trinajstić information content (AvgIpc) is 2.44. The van der Waals surface area contributed by atoms with Gasteiger partial charge in [-0.3, -0.25) is 0 Å². The molecule has 0 saturated heterocycles. The Labute approximate surface area is 131 Å². The lowest BCUT2D eigenvalue weighted by Gasteiger charge is -2.20. The molecule has 5 heteroatoms. The Balaban J connectivity index is 2.91. The van der Waals surface area contributed by atoms with Gasteiger partial charge in [0.25, 0.3) is 0 Å². The van der Waals surface area contributed by atoms with Crippen LogP contribution in [0.25, 0.3) is 0 Å². The van der Waals surface area contributed by atoms with Crippen molar-refractivity contribution in [3.05, 3.63) is 28.8 Å². The summed E-state index contributed by atoms with van der Waals surface area (Å²) >= 11 is 6.22. The molecule has 0 aromatic heterocycles. The van der Waals surface area contributed by atoms with Crippen LogP contribution in [0.4, 0.5) is 0 Å². The Morgan fingerprint density at radius 1 is 1.33 bits per heavy atom. The van der Waals surface area contributed by atoms with Gasteiger partial charge in [-0.05, 0) is 19.4 Å². The summed E-state index contributed by atoms with van der Waals surface area (Å²) in [6, 6.07) is 5.92. The third-order valence-electron chi connectivity index (χ3n) is 2.93. The van der Waals surface area contributed by atoms with Crippen LogP contribution in [0.1, 0.15) is 39.7 Å². The summed E-state index contributed by atoms with van der Waals surface area (Å²) in [6.45, 7) is 8.76. The van der Waals surface area contributed by atoms with Crippen molar-refractivity contribution in [2.24, 2.45) is 0 Å². The maximum Gasteiger partial charge on any atom is 0.347 e. The number of halogens is 1. The highest BCUT2D eigenvalue weighted by molar-refractivity contribution is 6.32. The van der Waals surface area contributed by atoms with E-state index in [1.165, 1.54) is 0 Å². The van der Waals surface area contributed by atoms with Crippen LogP contribution in [-0.2, 0) is 16.1 Å². The second-order valence-corrected chi connectivity index (χ2v) is 5.44. The first-order valence-electron chi connectivity index (χ1n) is 7.33. The van der Waals surface area contributed by atoms with E-state index in [9.17, 15) is 4.79 Å². The molecule has 0 fully saturated rings. The lowest BCUT2D eigenvalue weighted by molar-refractivity contribution is -0.151. The van der Waals surface area contributed by atoms with Gasteiger partial charge in [-0.1, -0.05) is 44.5 Å². The smallest absolute Gasteiger partial charge is 0.347 e. The van der Waals surface area contributed by atoms with Crippen molar-refractivity contribution in [3.63, 3.8) is 0 Å². The van der Waals surface area contributed by atoms with Crippen LogP contribution in [-0.4, -0.2) is 24.7 Å². The molecule has 21 heavy (non-hydrogen) atoms. The Morgan fingerprint density at radius 3 is 2.62 bits per heavy atom. The fraction of sp³-hybridized carbons (Fsp3) is 0.562. The molecule has 4 nitrogen and oxygen atoms in total. The van der Waals surface area contributed by atoms with E-state index in [1.807, 2.05) is 19.1 Å². The van der Waals surface area contributed by atoms with Gasteiger partial charge in [0.05, 0.1) is 11.6 Å². The highest BCUT2D eigenvalue weighted by atomic mass is 35.5. The van der Waals surface area contributed by atoms with Crippen LogP contribution < -0.4 is 10.1 Å². The minimum absolute atomic E-state index is 0.336. The number of nitrogens with one attached hydrogen (secondary N) is 1. The van der Waals surface area contributed by atoms with Crippen LogP contribution >= 0.6 is 11.6 Å². The number of esters is 1. The number of benzene rings is 1. The summed E-state index contributed by atoms with van der Waals surface area (Å²) in [5, 5.41) is 3.82. The molecule has 1 aromatic carbocycles. The lowest BCUT2D eigenvalue weighted by Crippen LogP contribution is -2.30. The fourth-order valence-electron chi connectivity index (χ4n) is 1.81. The van der Waals surface area contributed by atoms with Gasteiger partial charge in [-0.15, -0.1) is 0 Å². The summed E-state index contributed by atoms with van der Waals surface area (Å²) < 4.78 is 10.8. The van der Waals surface area contributed by atoms with Crippen molar-refractivity contribution in [3.8, 4) is 5.75 Å². The molecule has 1 atom stereocenters. The van der Waals surface area contributed by atoms with Gasteiger partial charge < -0.3 is 14.8 Å². The van der Waals surface area contributed by atoms with Crippen molar-refractivity contribution in [1.29, 1.82) is 0 Å². The molecule has 1 aromatic rings. The summed E-state index contributed by atoms with van der Waals surface area (Å²) in [4.78, 5) is 11.9. The zero-order chi connectivity index (χ0) is 15.8. The number of rotatable bonds is 8.